The highest BCUT2D eigenvalue weighted by atomic mass is 32.2. The van der Waals surface area contributed by atoms with Gasteiger partial charge in [0.25, 0.3) is 5.56 Å². The minimum atomic E-state index is -3.56. The molecule has 3 rings (SSSR count). The number of aromatic nitrogens is 1. The van der Waals surface area contributed by atoms with Crippen LogP contribution < -0.4 is 19.8 Å². The van der Waals surface area contributed by atoms with Crippen LogP contribution in [0.25, 0.3) is 11.1 Å². The maximum absolute atomic E-state index is 14.2. The van der Waals surface area contributed by atoms with Crippen molar-refractivity contribution in [3.63, 3.8) is 0 Å². The summed E-state index contributed by atoms with van der Waals surface area (Å²) in [6, 6.07) is 8.51. The molecular weight excluding hydrogens is 430 g/mol. The van der Waals surface area contributed by atoms with Crippen molar-refractivity contribution in [2.45, 2.75) is 6.92 Å². The summed E-state index contributed by atoms with van der Waals surface area (Å²) in [5.41, 5.74) is 0.641. The molecule has 10 heteroatoms. The molecule has 0 bridgehead atoms. The summed E-state index contributed by atoms with van der Waals surface area (Å²) in [7, 11) is -0.650. The van der Waals surface area contributed by atoms with Crippen LogP contribution >= 0.6 is 0 Å². The lowest BCUT2D eigenvalue weighted by Crippen LogP contribution is -2.16. The first-order valence-corrected chi connectivity index (χ1v) is 10.8. The molecule has 0 aliphatic carbocycles. The van der Waals surface area contributed by atoms with Gasteiger partial charge in [-0.3, -0.25) is 9.52 Å². The van der Waals surface area contributed by atoms with E-state index >= 15 is 0 Å². The van der Waals surface area contributed by atoms with E-state index < -0.39 is 21.7 Å². The second-order valence-corrected chi connectivity index (χ2v) is 8.61. The molecule has 0 saturated carbocycles. The molecule has 1 N–H and O–H groups in total. The summed E-state index contributed by atoms with van der Waals surface area (Å²) in [4.78, 5) is 12.0. The second kappa shape index (κ2) is 8.76. The van der Waals surface area contributed by atoms with E-state index in [1.165, 1.54) is 56.1 Å². The first-order valence-electron chi connectivity index (χ1n) is 9.16. The van der Waals surface area contributed by atoms with E-state index in [2.05, 4.69) is 4.72 Å². The molecule has 1 aromatic heterocycles. The lowest BCUT2D eigenvalue weighted by Gasteiger charge is -2.17. The third-order valence-electron chi connectivity index (χ3n) is 4.45. The molecule has 3 aromatic rings. The van der Waals surface area contributed by atoms with Crippen LogP contribution in [-0.4, -0.2) is 25.8 Å². The van der Waals surface area contributed by atoms with Gasteiger partial charge in [0.15, 0.2) is 11.6 Å². The highest BCUT2D eigenvalue weighted by Crippen LogP contribution is 2.40. The average molecular weight is 450 g/mol. The molecule has 31 heavy (non-hydrogen) atoms. The van der Waals surface area contributed by atoms with Gasteiger partial charge < -0.3 is 14.0 Å². The molecular formula is C21H20F2N2O5S. The predicted octanol–water partition coefficient (Wildman–Crippen LogP) is 3.89. The summed E-state index contributed by atoms with van der Waals surface area (Å²) in [6.07, 6.45) is 1.49. The lowest BCUT2D eigenvalue weighted by atomic mass is 10.0. The predicted molar refractivity (Wildman–Crippen MR) is 113 cm³/mol. The topological polar surface area (TPSA) is 86.6 Å². The molecule has 1 heterocycles. The fourth-order valence-electron chi connectivity index (χ4n) is 2.80. The molecule has 7 nitrogen and oxygen atoms in total. The molecule has 0 aliphatic rings. The number of methoxy groups -OCH3 is 1. The molecule has 0 spiro atoms. The molecule has 0 radical (unpaired) electrons. The normalized spacial score (nSPS) is 11.3. The van der Waals surface area contributed by atoms with E-state index in [-0.39, 0.29) is 34.2 Å². The van der Waals surface area contributed by atoms with Crippen LogP contribution in [0.2, 0.25) is 0 Å². The maximum Gasteiger partial charge on any atom is 0.254 e. The van der Waals surface area contributed by atoms with Crippen LogP contribution in [0.1, 0.15) is 6.92 Å². The van der Waals surface area contributed by atoms with Gasteiger partial charge in [0.2, 0.25) is 10.0 Å². The maximum atomic E-state index is 14.2. The Morgan fingerprint density at radius 1 is 1.00 bits per heavy atom. The zero-order valence-corrected chi connectivity index (χ0v) is 17.8. The Bertz CT molecular complexity index is 1290. The Labute approximate surface area is 177 Å². The van der Waals surface area contributed by atoms with E-state index in [0.29, 0.717) is 17.2 Å². The smallest absolute Gasteiger partial charge is 0.254 e. The number of hydrogen-bond donors (Lipinski definition) is 1. The molecule has 0 fully saturated rings. The van der Waals surface area contributed by atoms with Crippen molar-refractivity contribution in [1.29, 1.82) is 0 Å². The molecule has 164 valence electrons. The number of halogens is 2. The van der Waals surface area contributed by atoms with E-state index in [0.717, 1.165) is 12.1 Å². The van der Waals surface area contributed by atoms with Crippen molar-refractivity contribution in [1.82, 2.24) is 4.57 Å². The zero-order chi connectivity index (χ0) is 22.8. The lowest BCUT2D eigenvalue weighted by molar-refractivity contribution is 0.413. The Morgan fingerprint density at radius 3 is 2.35 bits per heavy atom. The fraction of sp³-hybridized carbons (Fsp3) is 0.190. The number of anilines is 1. The largest absolute Gasteiger partial charge is 0.496 e. The summed E-state index contributed by atoms with van der Waals surface area (Å²) < 4.78 is 66.1. The highest BCUT2D eigenvalue weighted by molar-refractivity contribution is 7.92. The van der Waals surface area contributed by atoms with Crippen molar-refractivity contribution in [3.05, 3.63) is 70.6 Å². The van der Waals surface area contributed by atoms with Crippen molar-refractivity contribution in [2.75, 3.05) is 17.6 Å². The van der Waals surface area contributed by atoms with Crippen LogP contribution in [0.5, 0.6) is 17.2 Å². The number of ether oxygens (including phenoxy) is 2. The average Bonchev–Trinajstić information content (AvgIpc) is 2.72. The molecule has 0 atom stereocenters. The van der Waals surface area contributed by atoms with Crippen LogP contribution in [0.4, 0.5) is 14.5 Å². The number of hydrogen-bond acceptors (Lipinski definition) is 5. The van der Waals surface area contributed by atoms with Crippen LogP contribution in [0.3, 0.4) is 0 Å². The van der Waals surface area contributed by atoms with Gasteiger partial charge in [-0.2, -0.15) is 0 Å². The SMILES string of the molecule is CCS(=O)(=O)Nc1ccc(Oc2ccc(F)cc2F)c(-c2cn(C)c(=O)cc2OC)c1. The van der Waals surface area contributed by atoms with Crippen LogP contribution in [-0.2, 0) is 17.1 Å². The molecule has 0 unspecified atom stereocenters. The highest BCUT2D eigenvalue weighted by Gasteiger charge is 2.18. The van der Waals surface area contributed by atoms with E-state index in [4.69, 9.17) is 9.47 Å². The zero-order valence-electron chi connectivity index (χ0n) is 17.0. The minimum Gasteiger partial charge on any atom is -0.496 e. The number of nitrogens with one attached hydrogen (secondary N) is 1. The third kappa shape index (κ3) is 5.02. The van der Waals surface area contributed by atoms with Gasteiger partial charge in [-0.15, -0.1) is 0 Å². The third-order valence-corrected chi connectivity index (χ3v) is 5.75. The Balaban J connectivity index is 2.19. The van der Waals surface area contributed by atoms with E-state index in [9.17, 15) is 22.0 Å². The fourth-order valence-corrected chi connectivity index (χ4v) is 3.44. The number of nitrogens with zero attached hydrogens (tertiary/aromatic N) is 1. The van der Waals surface area contributed by atoms with Crippen molar-refractivity contribution in [3.8, 4) is 28.4 Å². The molecule has 0 amide bonds. The molecule has 2 aromatic carbocycles. The number of sulfonamides is 1. The Hall–Kier alpha value is -3.40. The summed E-state index contributed by atoms with van der Waals surface area (Å²) in [5, 5.41) is 0. The monoisotopic (exact) mass is 450 g/mol. The first-order chi connectivity index (χ1) is 14.6. The molecule has 0 saturated heterocycles. The van der Waals surface area contributed by atoms with Gasteiger partial charge in [0.1, 0.15) is 17.3 Å². The van der Waals surface area contributed by atoms with Gasteiger partial charge in [-0.25, -0.2) is 17.2 Å². The first kappa shape index (κ1) is 22.3. The van der Waals surface area contributed by atoms with Crippen molar-refractivity contribution in [2.24, 2.45) is 7.05 Å². The number of rotatable bonds is 7. The van der Waals surface area contributed by atoms with Gasteiger partial charge in [-0.05, 0) is 37.3 Å². The molecule has 0 aliphatic heterocycles. The van der Waals surface area contributed by atoms with Gasteiger partial charge in [-0.1, -0.05) is 0 Å². The summed E-state index contributed by atoms with van der Waals surface area (Å²) >= 11 is 0. The minimum absolute atomic E-state index is 0.134. The number of aryl methyl sites for hydroxylation is 1. The van der Waals surface area contributed by atoms with Crippen molar-refractivity contribution >= 4 is 15.7 Å². The van der Waals surface area contributed by atoms with Crippen LogP contribution in [0, 0.1) is 11.6 Å². The summed E-state index contributed by atoms with van der Waals surface area (Å²) in [6.45, 7) is 1.49. The number of pyridine rings is 1. The Kier molecular flexibility index (Phi) is 6.30. The second-order valence-electron chi connectivity index (χ2n) is 6.60. The standard InChI is InChI=1S/C21H20F2N2O5S/c1-4-31(27,28)24-14-6-8-18(30-19-7-5-13(22)9-17(19)23)15(10-14)16-12-25(2)21(26)11-20(16)29-3/h5-12,24H,4H2,1-3H3. The van der Waals surface area contributed by atoms with Gasteiger partial charge in [0.05, 0.1) is 12.9 Å². The van der Waals surface area contributed by atoms with Crippen molar-refractivity contribution < 1.29 is 26.7 Å². The van der Waals surface area contributed by atoms with E-state index in [1.807, 2.05) is 0 Å². The van der Waals surface area contributed by atoms with Gasteiger partial charge >= 0.3 is 0 Å². The number of benzene rings is 2. The van der Waals surface area contributed by atoms with Gasteiger partial charge in [0, 0.05) is 42.2 Å². The summed E-state index contributed by atoms with van der Waals surface area (Å²) in [5.74, 6) is -1.67. The van der Waals surface area contributed by atoms with E-state index in [1.54, 1.807) is 0 Å². The van der Waals surface area contributed by atoms with Crippen LogP contribution in [0.15, 0.2) is 53.5 Å². The Morgan fingerprint density at radius 2 is 1.71 bits per heavy atom. The quantitative estimate of drug-likeness (QED) is 0.590.